The van der Waals surface area contributed by atoms with Gasteiger partial charge in [-0.15, -0.1) is 0 Å². The minimum atomic E-state index is 0.741. The molecule has 0 bridgehead atoms. The van der Waals surface area contributed by atoms with Crippen molar-refractivity contribution < 1.29 is 4.74 Å². The molecule has 1 N–H and O–H groups in total. The molecule has 1 heterocycles. The maximum atomic E-state index is 5.84. The van der Waals surface area contributed by atoms with E-state index < -0.39 is 0 Å². The number of anilines is 1. The predicted molar refractivity (Wildman–Crippen MR) is 73.1 cm³/mol. The van der Waals surface area contributed by atoms with Crippen LogP contribution >= 0.6 is 0 Å². The molecular weight excluding hydrogens is 226 g/mol. The second-order valence-corrected chi connectivity index (χ2v) is 4.96. The van der Waals surface area contributed by atoms with Crippen LogP contribution in [0.4, 0.5) is 5.82 Å². The summed E-state index contributed by atoms with van der Waals surface area (Å²) in [5.74, 6) is 3.33. The molecule has 18 heavy (non-hydrogen) atoms. The van der Waals surface area contributed by atoms with Crippen molar-refractivity contribution in [2.24, 2.45) is 5.92 Å². The van der Waals surface area contributed by atoms with E-state index in [2.05, 4.69) is 22.2 Å². The van der Waals surface area contributed by atoms with Crippen molar-refractivity contribution in [1.82, 2.24) is 9.97 Å². The van der Waals surface area contributed by atoms with Crippen LogP contribution in [0.2, 0.25) is 0 Å². The van der Waals surface area contributed by atoms with Gasteiger partial charge in [-0.2, -0.15) is 4.98 Å². The molecule has 4 heteroatoms. The predicted octanol–water partition coefficient (Wildman–Crippen LogP) is 2.96. The Kier molecular flexibility index (Phi) is 4.39. The van der Waals surface area contributed by atoms with Crippen molar-refractivity contribution in [3.05, 3.63) is 11.4 Å². The van der Waals surface area contributed by atoms with Crippen LogP contribution in [0.5, 0.6) is 5.88 Å². The Hall–Kier alpha value is -1.32. The van der Waals surface area contributed by atoms with E-state index in [-0.39, 0.29) is 0 Å². The molecule has 0 aromatic carbocycles. The van der Waals surface area contributed by atoms with Crippen LogP contribution in [0.25, 0.3) is 0 Å². The summed E-state index contributed by atoms with van der Waals surface area (Å²) < 4.78 is 5.84. The molecule has 1 aliphatic rings. The Morgan fingerprint density at radius 3 is 2.67 bits per heavy atom. The molecular formula is C14H23N3O. The van der Waals surface area contributed by atoms with Gasteiger partial charge in [0.15, 0.2) is 0 Å². The average molecular weight is 249 g/mol. The van der Waals surface area contributed by atoms with Gasteiger partial charge in [-0.05, 0) is 19.3 Å². The van der Waals surface area contributed by atoms with Gasteiger partial charge in [0.1, 0.15) is 11.6 Å². The maximum absolute atomic E-state index is 5.84. The number of nitrogens with one attached hydrogen (secondary N) is 1. The first kappa shape index (κ1) is 13.1. The van der Waals surface area contributed by atoms with Crippen LogP contribution in [0.3, 0.4) is 0 Å². The Morgan fingerprint density at radius 2 is 2.11 bits per heavy atom. The summed E-state index contributed by atoms with van der Waals surface area (Å²) in [6.45, 7) is 4.83. The fraction of sp³-hybridized carbons (Fsp3) is 0.714. The number of hydrogen-bond donors (Lipinski definition) is 1. The third kappa shape index (κ3) is 2.92. The fourth-order valence-electron chi connectivity index (χ4n) is 2.19. The van der Waals surface area contributed by atoms with Crippen molar-refractivity contribution in [2.45, 2.75) is 46.0 Å². The normalized spacial score (nSPS) is 15.3. The van der Waals surface area contributed by atoms with Crippen molar-refractivity contribution in [3.8, 4) is 5.88 Å². The number of rotatable bonds is 6. The summed E-state index contributed by atoms with van der Waals surface area (Å²) >= 11 is 0. The van der Waals surface area contributed by atoms with Gasteiger partial charge in [0.2, 0.25) is 5.88 Å². The second-order valence-electron chi connectivity index (χ2n) is 4.96. The van der Waals surface area contributed by atoms with Crippen LogP contribution in [-0.2, 0) is 6.42 Å². The van der Waals surface area contributed by atoms with Crippen LogP contribution in [0.15, 0.2) is 0 Å². The standard InChI is InChI=1S/C14H23N3O/c1-4-12-16-13(15-3)10(2)14(17-12)18-9-8-11-6-5-7-11/h11H,4-9H2,1-3H3,(H,15,16,17). The third-order valence-electron chi connectivity index (χ3n) is 3.69. The fourth-order valence-corrected chi connectivity index (χ4v) is 2.19. The molecule has 0 spiro atoms. The van der Waals surface area contributed by atoms with Crippen molar-refractivity contribution in [2.75, 3.05) is 19.0 Å². The molecule has 100 valence electrons. The Bertz CT molecular complexity index is 402. The van der Waals surface area contributed by atoms with Crippen LogP contribution < -0.4 is 10.1 Å². The minimum absolute atomic E-state index is 0.741. The molecule has 2 rings (SSSR count). The molecule has 1 aromatic heterocycles. The first-order valence-electron chi connectivity index (χ1n) is 6.92. The highest BCUT2D eigenvalue weighted by molar-refractivity contribution is 5.48. The second kappa shape index (κ2) is 6.03. The topological polar surface area (TPSA) is 47.0 Å². The molecule has 0 amide bonds. The van der Waals surface area contributed by atoms with Gasteiger partial charge in [0, 0.05) is 13.5 Å². The van der Waals surface area contributed by atoms with E-state index >= 15 is 0 Å². The smallest absolute Gasteiger partial charge is 0.221 e. The lowest BCUT2D eigenvalue weighted by Crippen LogP contribution is -2.15. The maximum Gasteiger partial charge on any atom is 0.221 e. The molecule has 1 saturated carbocycles. The van der Waals surface area contributed by atoms with E-state index in [1.807, 2.05) is 14.0 Å². The molecule has 0 saturated heterocycles. The molecule has 0 unspecified atom stereocenters. The van der Waals surface area contributed by atoms with Gasteiger partial charge in [-0.3, -0.25) is 0 Å². The molecule has 1 aliphatic carbocycles. The monoisotopic (exact) mass is 249 g/mol. The van der Waals surface area contributed by atoms with Gasteiger partial charge >= 0.3 is 0 Å². The summed E-state index contributed by atoms with van der Waals surface area (Å²) in [7, 11) is 1.88. The third-order valence-corrected chi connectivity index (χ3v) is 3.69. The van der Waals surface area contributed by atoms with E-state index in [1.54, 1.807) is 0 Å². The number of aromatic nitrogens is 2. The largest absolute Gasteiger partial charge is 0.477 e. The minimum Gasteiger partial charge on any atom is -0.477 e. The summed E-state index contributed by atoms with van der Waals surface area (Å²) in [5, 5.41) is 3.10. The number of aryl methyl sites for hydroxylation is 1. The summed E-state index contributed by atoms with van der Waals surface area (Å²) in [5.41, 5.74) is 1.00. The van der Waals surface area contributed by atoms with Gasteiger partial charge in [-0.25, -0.2) is 4.98 Å². The van der Waals surface area contributed by atoms with Gasteiger partial charge in [0.25, 0.3) is 0 Å². The summed E-state index contributed by atoms with van der Waals surface area (Å²) in [6.07, 6.45) is 6.11. The Labute approximate surface area is 109 Å². The van der Waals surface area contributed by atoms with E-state index in [0.717, 1.165) is 48.5 Å². The zero-order valence-electron chi connectivity index (χ0n) is 11.6. The Morgan fingerprint density at radius 1 is 1.33 bits per heavy atom. The molecule has 1 fully saturated rings. The molecule has 0 aliphatic heterocycles. The first-order valence-corrected chi connectivity index (χ1v) is 6.92. The van der Waals surface area contributed by atoms with Crippen molar-refractivity contribution >= 4 is 5.82 Å². The molecule has 4 nitrogen and oxygen atoms in total. The highest BCUT2D eigenvalue weighted by Crippen LogP contribution is 2.29. The Balaban J connectivity index is 2.00. The van der Waals surface area contributed by atoms with Crippen molar-refractivity contribution in [3.63, 3.8) is 0 Å². The van der Waals surface area contributed by atoms with E-state index in [4.69, 9.17) is 4.74 Å². The summed E-state index contributed by atoms with van der Waals surface area (Å²) in [6, 6.07) is 0. The van der Waals surface area contributed by atoms with E-state index in [1.165, 1.54) is 19.3 Å². The van der Waals surface area contributed by atoms with Crippen molar-refractivity contribution in [1.29, 1.82) is 0 Å². The van der Waals surface area contributed by atoms with Gasteiger partial charge < -0.3 is 10.1 Å². The highest BCUT2D eigenvalue weighted by atomic mass is 16.5. The highest BCUT2D eigenvalue weighted by Gasteiger charge is 2.17. The lowest BCUT2D eigenvalue weighted by Gasteiger charge is -2.25. The molecule has 0 atom stereocenters. The number of ether oxygens (including phenoxy) is 1. The lowest BCUT2D eigenvalue weighted by molar-refractivity contribution is 0.216. The quantitative estimate of drug-likeness (QED) is 0.842. The lowest BCUT2D eigenvalue weighted by atomic mass is 9.83. The van der Waals surface area contributed by atoms with Gasteiger partial charge in [-0.1, -0.05) is 26.2 Å². The number of nitrogens with zero attached hydrogens (tertiary/aromatic N) is 2. The zero-order valence-corrected chi connectivity index (χ0v) is 11.6. The first-order chi connectivity index (χ1) is 8.74. The SMILES string of the molecule is CCc1nc(NC)c(C)c(OCCC2CCC2)n1. The van der Waals surface area contributed by atoms with Crippen LogP contribution in [-0.4, -0.2) is 23.6 Å². The zero-order chi connectivity index (χ0) is 13.0. The van der Waals surface area contributed by atoms with Crippen LogP contribution in [0, 0.1) is 12.8 Å². The molecule has 0 radical (unpaired) electrons. The summed E-state index contributed by atoms with van der Waals surface area (Å²) in [4.78, 5) is 8.90. The van der Waals surface area contributed by atoms with E-state index in [9.17, 15) is 0 Å². The molecule has 1 aromatic rings. The average Bonchev–Trinajstić information content (AvgIpc) is 2.34. The van der Waals surface area contributed by atoms with Gasteiger partial charge in [0.05, 0.1) is 12.2 Å². The number of hydrogen-bond acceptors (Lipinski definition) is 4. The van der Waals surface area contributed by atoms with E-state index in [0.29, 0.717) is 0 Å². The van der Waals surface area contributed by atoms with Crippen LogP contribution in [0.1, 0.15) is 44.0 Å².